The first kappa shape index (κ1) is 27.6. The average molecular weight is 561 g/mol. The minimum Gasteiger partial charge on any atom is -0.507 e. The predicted octanol–water partition coefficient (Wildman–Crippen LogP) is 6.03. The Morgan fingerprint density at radius 3 is 2.70 bits per heavy atom. The molecule has 1 saturated heterocycles. The molecule has 0 spiro atoms. The van der Waals surface area contributed by atoms with Crippen LogP contribution in [0.4, 0.5) is 5.13 Å². The second-order valence-electron chi connectivity index (χ2n) is 10.7. The highest BCUT2D eigenvalue weighted by Gasteiger charge is 2.48. The summed E-state index contributed by atoms with van der Waals surface area (Å²) in [4.78, 5) is 45.5. The molecule has 3 aromatic rings. The molecule has 1 N–H and O–H groups in total. The number of ketones is 2. The zero-order valence-corrected chi connectivity index (χ0v) is 24.0. The fraction of sp³-hybridized carbons (Fsp3) is 0.355. The Morgan fingerprint density at radius 2 is 2.00 bits per heavy atom. The topological polar surface area (TPSA) is 106 Å². The number of hydrogen-bond acceptors (Lipinski definition) is 8. The van der Waals surface area contributed by atoms with Gasteiger partial charge in [0, 0.05) is 18.9 Å². The van der Waals surface area contributed by atoms with Gasteiger partial charge < -0.3 is 14.6 Å². The highest BCUT2D eigenvalue weighted by Crippen LogP contribution is 2.45. The third kappa shape index (κ3) is 5.13. The zero-order valence-electron chi connectivity index (χ0n) is 23.2. The number of carbonyl (C=O) groups excluding carboxylic acids is 3. The van der Waals surface area contributed by atoms with Crippen molar-refractivity contribution in [1.82, 2.24) is 4.98 Å². The Balaban J connectivity index is 1.64. The van der Waals surface area contributed by atoms with Crippen molar-refractivity contribution in [3.05, 3.63) is 75.3 Å². The number of rotatable bonds is 8. The highest BCUT2D eigenvalue weighted by molar-refractivity contribution is 7.18. The zero-order chi connectivity index (χ0) is 28.7. The van der Waals surface area contributed by atoms with E-state index < -0.39 is 17.7 Å². The third-order valence-electron chi connectivity index (χ3n) is 7.06. The maximum atomic E-state index is 13.6. The molecule has 9 heteroatoms. The Hall–Kier alpha value is -3.98. The van der Waals surface area contributed by atoms with Crippen LogP contribution >= 0.6 is 11.3 Å². The van der Waals surface area contributed by atoms with E-state index in [2.05, 4.69) is 18.8 Å². The van der Waals surface area contributed by atoms with E-state index in [1.807, 2.05) is 13.0 Å². The predicted molar refractivity (Wildman–Crippen MR) is 153 cm³/mol. The molecule has 0 radical (unpaired) electrons. The van der Waals surface area contributed by atoms with Crippen LogP contribution in [0.3, 0.4) is 0 Å². The van der Waals surface area contributed by atoms with Crippen LogP contribution in [0.15, 0.2) is 48.0 Å². The Kier molecular flexibility index (Phi) is 7.51. The summed E-state index contributed by atoms with van der Waals surface area (Å²) in [5.74, 6) is -0.298. The molecule has 2 aromatic carbocycles. The average Bonchev–Trinajstić information content (AvgIpc) is 3.55. The Labute approximate surface area is 237 Å². The molecule has 1 fully saturated rings. The number of hydrogen-bond donors (Lipinski definition) is 1. The maximum absolute atomic E-state index is 13.6. The van der Waals surface area contributed by atoms with Gasteiger partial charge in [-0.05, 0) is 67.6 Å². The Bertz CT molecular complexity index is 1540. The van der Waals surface area contributed by atoms with E-state index in [1.165, 1.54) is 11.8 Å². The first-order chi connectivity index (χ1) is 19.0. The van der Waals surface area contributed by atoms with Crippen LogP contribution in [0.25, 0.3) is 5.76 Å². The first-order valence-electron chi connectivity index (χ1n) is 13.4. The lowest BCUT2D eigenvalue weighted by atomic mass is 9.94. The summed E-state index contributed by atoms with van der Waals surface area (Å²) in [6, 6.07) is 11.5. The van der Waals surface area contributed by atoms with E-state index in [0.717, 1.165) is 29.1 Å². The van der Waals surface area contributed by atoms with E-state index >= 15 is 0 Å². The molecule has 0 saturated carbocycles. The smallest absolute Gasteiger partial charge is 0.301 e. The number of aliphatic hydroxyl groups excluding tert-OH is 1. The van der Waals surface area contributed by atoms with Gasteiger partial charge in [0.15, 0.2) is 10.9 Å². The number of fused-ring (bicyclic) bond motifs is 1. The van der Waals surface area contributed by atoms with Crippen molar-refractivity contribution < 1.29 is 29.0 Å². The van der Waals surface area contributed by atoms with Crippen LogP contribution in [-0.2, 0) is 16.0 Å². The number of Topliss-reactive ketones (excluding diaryl/α,β-unsaturated/α-hetero) is 2. The lowest BCUT2D eigenvalue weighted by Crippen LogP contribution is -2.29. The molecule has 3 heterocycles. The number of amides is 1. The van der Waals surface area contributed by atoms with Crippen LogP contribution in [0.5, 0.6) is 11.5 Å². The normalized spacial score (nSPS) is 19.7. The molecule has 8 nitrogen and oxygen atoms in total. The molecule has 0 unspecified atom stereocenters. The van der Waals surface area contributed by atoms with Crippen molar-refractivity contribution in [2.45, 2.75) is 59.6 Å². The van der Waals surface area contributed by atoms with Crippen LogP contribution < -0.4 is 14.4 Å². The number of aliphatic hydroxyl groups is 1. The molecular formula is C31H32N2O6S. The van der Waals surface area contributed by atoms with E-state index in [-0.39, 0.29) is 28.4 Å². The molecule has 208 valence electrons. The second kappa shape index (κ2) is 10.9. The summed E-state index contributed by atoms with van der Waals surface area (Å²) in [5.41, 5.74) is 2.35. The van der Waals surface area contributed by atoms with Crippen molar-refractivity contribution >= 4 is 39.7 Å². The minimum absolute atomic E-state index is 0.0139. The number of aryl methyl sites for hydroxylation is 1. The quantitative estimate of drug-likeness (QED) is 0.155. The number of thiazole rings is 1. The van der Waals surface area contributed by atoms with Gasteiger partial charge in [0.2, 0.25) is 0 Å². The van der Waals surface area contributed by atoms with Crippen LogP contribution in [0, 0.1) is 12.8 Å². The number of nitrogens with zero attached hydrogens (tertiary/aromatic N) is 2. The largest absolute Gasteiger partial charge is 0.507 e. The molecule has 1 amide bonds. The fourth-order valence-electron chi connectivity index (χ4n) is 5.07. The summed E-state index contributed by atoms with van der Waals surface area (Å²) in [5, 5.41) is 11.8. The molecule has 2 aliphatic heterocycles. The minimum atomic E-state index is -0.970. The summed E-state index contributed by atoms with van der Waals surface area (Å²) in [6.45, 7) is 9.84. The van der Waals surface area contributed by atoms with E-state index in [4.69, 9.17) is 9.47 Å². The first-order valence-corrected chi connectivity index (χ1v) is 14.2. The van der Waals surface area contributed by atoms with Gasteiger partial charge in [-0.25, -0.2) is 4.98 Å². The maximum Gasteiger partial charge on any atom is 0.301 e. The lowest BCUT2D eigenvalue weighted by molar-refractivity contribution is -0.132. The van der Waals surface area contributed by atoms with Gasteiger partial charge in [0.1, 0.15) is 23.4 Å². The molecule has 2 atom stereocenters. The van der Waals surface area contributed by atoms with Gasteiger partial charge in [-0.1, -0.05) is 37.3 Å². The van der Waals surface area contributed by atoms with Crippen molar-refractivity contribution in [1.29, 1.82) is 0 Å². The van der Waals surface area contributed by atoms with E-state index in [1.54, 1.807) is 43.3 Å². The number of anilines is 1. The third-order valence-corrected chi connectivity index (χ3v) is 8.32. The fourth-order valence-corrected chi connectivity index (χ4v) is 6.06. The van der Waals surface area contributed by atoms with Crippen LogP contribution in [0.1, 0.15) is 72.2 Å². The van der Waals surface area contributed by atoms with E-state index in [0.29, 0.717) is 46.4 Å². The molecule has 40 heavy (non-hydrogen) atoms. The van der Waals surface area contributed by atoms with Crippen molar-refractivity contribution in [2.24, 2.45) is 5.92 Å². The van der Waals surface area contributed by atoms with Gasteiger partial charge in [-0.15, -0.1) is 0 Å². The number of carbonyl (C=O) groups is 3. The molecule has 0 bridgehead atoms. The molecule has 2 aliphatic rings. The molecule has 5 rings (SSSR count). The van der Waals surface area contributed by atoms with Gasteiger partial charge in [0.25, 0.3) is 5.78 Å². The van der Waals surface area contributed by atoms with Gasteiger partial charge in [0.05, 0.1) is 28.8 Å². The van der Waals surface area contributed by atoms with Gasteiger partial charge in [-0.3, -0.25) is 19.3 Å². The summed E-state index contributed by atoms with van der Waals surface area (Å²) in [6.07, 6.45) is 1.56. The second-order valence-corrected chi connectivity index (χ2v) is 11.7. The molecule has 0 aliphatic carbocycles. The molecule has 1 aromatic heterocycles. The Morgan fingerprint density at radius 1 is 1.23 bits per heavy atom. The van der Waals surface area contributed by atoms with Crippen LogP contribution in [0.2, 0.25) is 0 Å². The lowest BCUT2D eigenvalue weighted by Gasteiger charge is -2.23. The highest BCUT2D eigenvalue weighted by atomic mass is 32.1. The van der Waals surface area contributed by atoms with Crippen LogP contribution in [-0.4, -0.2) is 40.3 Å². The molecular weight excluding hydrogens is 528 g/mol. The summed E-state index contributed by atoms with van der Waals surface area (Å²) < 4.78 is 11.8. The van der Waals surface area contributed by atoms with Crippen molar-refractivity contribution in [3.8, 4) is 11.5 Å². The number of aromatic nitrogens is 1. The van der Waals surface area contributed by atoms with E-state index in [9.17, 15) is 19.5 Å². The summed E-state index contributed by atoms with van der Waals surface area (Å²) in [7, 11) is 0. The van der Waals surface area contributed by atoms with Crippen molar-refractivity contribution in [2.75, 3.05) is 11.5 Å². The standard InChI is InChI=1S/C31H32N2O6S/c1-16(2)11-12-38-23-8-6-7-20(15-23)26-25(27(35)21-9-10-24-22(14-21)13-17(3)39-24)28(36)30(37)33(26)31-32-18(4)29(40-31)19(5)34/h6-10,14-17,26,35H,11-13H2,1-5H3/b27-25+/t17-,26+/m1/s1. The number of benzene rings is 2. The number of ether oxygens (including phenoxy) is 2. The van der Waals surface area contributed by atoms with Crippen molar-refractivity contribution in [3.63, 3.8) is 0 Å². The monoisotopic (exact) mass is 560 g/mol. The SMILES string of the molecule is CC(=O)c1sc(N2C(=O)C(=O)/C(=C(/O)c3ccc4c(c3)C[C@@H](C)O4)[C@@H]2c2cccc(OCCC(C)C)c2)nc1C. The van der Waals surface area contributed by atoms with Gasteiger partial charge in [-0.2, -0.15) is 0 Å². The summed E-state index contributed by atoms with van der Waals surface area (Å²) >= 11 is 1.06. The van der Waals surface area contributed by atoms with Gasteiger partial charge >= 0.3 is 5.91 Å².